The maximum atomic E-state index is 14.0. The minimum atomic E-state index is -2.94. The second-order valence-corrected chi connectivity index (χ2v) is 12.1. The van der Waals surface area contributed by atoms with Crippen molar-refractivity contribution in [2.75, 3.05) is 6.54 Å². The van der Waals surface area contributed by atoms with Crippen molar-refractivity contribution < 1.29 is 23.2 Å². The fourth-order valence-electron chi connectivity index (χ4n) is 6.34. The maximum Gasteiger partial charge on any atom is 0.248 e. The highest BCUT2D eigenvalue weighted by atomic mass is 19.3. The Balaban J connectivity index is 1.74. The average molecular weight is 512 g/mol. The number of halogens is 2. The van der Waals surface area contributed by atoms with Crippen LogP contribution in [0.15, 0.2) is 0 Å². The molecule has 0 bridgehead atoms. The van der Waals surface area contributed by atoms with Gasteiger partial charge in [0.1, 0.15) is 6.04 Å². The summed E-state index contributed by atoms with van der Waals surface area (Å²) in [5, 5.41) is 6.50. The Bertz CT molecular complexity index is 772. The van der Waals surface area contributed by atoms with Gasteiger partial charge in [-0.3, -0.25) is 14.4 Å². The molecule has 8 heteroatoms. The first-order chi connectivity index (χ1) is 16.9. The molecule has 1 heterocycles. The highest BCUT2D eigenvalue weighted by Crippen LogP contribution is 2.34. The van der Waals surface area contributed by atoms with E-state index in [-0.39, 0.29) is 35.6 Å². The summed E-state index contributed by atoms with van der Waals surface area (Å²) in [6.07, 6.45) is 12.2. The lowest BCUT2D eigenvalue weighted by Gasteiger charge is -2.42. The number of nitrogens with zero attached hydrogens (tertiary/aromatic N) is 1. The number of hydrogen-bond donors (Lipinski definition) is 2. The van der Waals surface area contributed by atoms with Gasteiger partial charge in [0.15, 0.2) is 5.78 Å². The topological polar surface area (TPSA) is 78.5 Å². The van der Waals surface area contributed by atoms with Crippen molar-refractivity contribution in [1.82, 2.24) is 15.5 Å². The second kappa shape index (κ2) is 12.3. The van der Waals surface area contributed by atoms with Gasteiger partial charge in [-0.15, -0.1) is 0 Å². The smallest absolute Gasteiger partial charge is 0.248 e. The van der Waals surface area contributed by atoms with Crippen molar-refractivity contribution >= 4 is 17.6 Å². The normalized spacial score (nSPS) is 25.7. The van der Waals surface area contributed by atoms with E-state index in [1.807, 2.05) is 0 Å². The molecule has 0 radical (unpaired) electrons. The lowest BCUT2D eigenvalue weighted by molar-refractivity contribution is -0.142. The number of carbonyl (C=O) groups excluding carboxylic acids is 3. The minimum absolute atomic E-state index is 0.0146. The van der Waals surface area contributed by atoms with Crippen LogP contribution in [0.4, 0.5) is 8.78 Å². The van der Waals surface area contributed by atoms with Gasteiger partial charge in [0.2, 0.25) is 17.7 Å². The molecule has 2 amide bonds. The molecule has 36 heavy (non-hydrogen) atoms. The zero-order valence-corrected chi connectivity index (χ0v) is 22.7. The largest absolute Gasteiger partial charge is 0.345 e. The molecule has 4 unspecified atom stereocenters. The van der Waals surface area contributed by atoms with E-state index in [0.717, 1.165) is 58.3 Å². The minimum Gasteiger partial charge on any atom is -0.345 e. The first-order valence-corrected chi connectivity index (χ1v) is 14.2. The summed E-state index contributed by atoms with van der Waals surface area (Å²) >= 11 is 0. The van der Waals surface area contributed by atoms with Crippen molar-refractivity contribution in [1.29, 1.82) is 0 Å². The first kappa shape index (κ1) is 29.0. The molecule has 3 fully saturated rings. The SMILES string of the molecule is CC(=O)C(CC(C)C(C)(F)F)NC(=O)C1CCCN1C(=O)C(NC1(C)CCCCC1)C1CCCCC1. The Morgan fingerprint density at radius 2 is 1.61 bits per heavy atom. The summed E-state index contributed by atoms with van der Waals surface area (Å²) in [6, 6.07) is -1.96. The molecule has 2 saturated carbocycles. The molecule has 3 aliphatic rings. The highest BCUT2D eigenvalue weighted by Gasteiger charge is 2.43. The van der Waals surface area contributed by atoms with Crippen molar-refractivity contribution in [3.8, 4) is 0 Å². The number of Topliss-reactive ketones (excluding diaryl/α,β-unsaturated/α-hetero) is 1. The van der Waals surface area contributed by atoms with Crippen LogP contribution in [-0.4, -0.2) is 58.6 Å². The van der Waals surface area contributed by atoms with Crippen molar-refractivity contribution in [3.63, 3.8) is 0 Å². The van der Waals surface area contributed by atoms with Crippen LogP contribution in [0.1, 0.15) is 111 Å². The third-order valence-electron chi connectivity index (χ3n) is 8.95. The predicted octanol–water partition coefficient (Wildman–Crippen LogP) is 4.99. The van der Waals surface area contributed by atoms with E-state index in [0.29, 0.717) is 19.4 Å². The van der Waals surface area contributed by atoms with Gasteiger partial charge in [-0.25, -0.2) is 8.78 Å². The second-order valence-electron chi connectivity index (χ2n) is 12.1. The fraction of sp³-hybridized carbons (Fsp3) is 0.893. The fourth-order valence-corrected chi connectivity index (χ4v) is 6.34. The van der Waals surface area contributed by atoms with Crippen LogP contribution in [0.5, 0.6) is 0 Å². The van der Waals surface area contributed by atoms with Gasteiger partial charge >= 0.3 is 0 Å². The number of nitrogens with one attached hydrogen (secondary N) is 2. The lowest BCUT2D eigenvalue weighted by atomic mass is 9.78. The summed E-state index contributed by atoms with van der Waals surface area (Å²) in [6.45, 7) is 6.27. The van der Waals surface area contributed by atoms with Crippen LogP contribution >= 0.6 is 0 Å². The van der Waals surface area contributed by atoms with Crippen LogP contribution in [0, 0.1) is 11.8 Å². The number of amides is 2. The number of likely N-dealkylation sites (tertiary alicyclic amines) is 1. The zero-order chi connectivity index (χ0) is 26.5. The number of ketones is 1. The summed E-state index contributed by atoms with van der Waals surface area (Å²) in [5.74, 6) is -4.50. The molecule has 2 aliphatic carbocycles. The zero-order valence-electron chi connectivity index (χ0n) is 22.7. The van der Waals surface area contributed by atoms with E-state index in [1.54, 1.807) is 4.90 Å². The van der Waals surface area contributed by atoms with E-state index in [1.165, 1.54) is 26.7 Å². The molecular weight excluding hydrogens is 464 g/mol. The van der Waals surface area contributed by atoms with Gasteiger partial charge in [-0.1, -0.05) is 45.4 Å². The number of alkyl halides is 2. The summed E-state index contributed by atoms with van der Waals surface area (Å²) < 4.78 is 27.5. The van der Waals surface area contributed by atoms with E-state index >= 15 is 0 Å². The highest BCUT2D eigenvalue weighted by molar-refractivity contribution is 5.93. The summed E-state index contributed by atoms with van der Waals surface area (Å²) in [5.41, 5.74) is -0.0747. The molecule has 3 rings (SSSR count). The first-order valence-electron chi connectivity index (χ1n) is 14.2. The van der Waals surface area contributed by atoms with Crippen molar-refractivity contribution in [2.24, 2.45) is 11.8 Å². The average Bonchev–Trinajstić information content (AvgIpc) is 3.32. The summed E-state index contributed by atoms with van der Waals surface area (Å²) in [4.78, 5) is 41.2. The third kappa shape index (κ3) is 7.48. The molecule has 2 N–H and O–H groups in total. The predicted molar refractivity (Wildman–Crippen MR) is 137 cm³/mol. The van der Waals surface area contributed by atoms with E-state index in [2.05, 4.69) is 17.6 Å². The van der Waals surface area contributed by atoms with Gasteiger partial charge < -0.3 is 15.5 Å². The van der Waals surface area contributed by atoms with Crippen LogP contribution in [-0.2, 0) is 14.4 Å². The molecule has 4 atom stereocenters. The van der Waals surface area contributed by atoms with Gasteiger partial charge in [0.05, 0.1) is 12.1 Å². The van der Waals surface area contributed by atoms with Gasteiger partial charge in [-0.2, -0.15) is 0 Å². The molecule has 6 nitrogen and oxygen atoms in total. The molecule has 0 aromatic heterocycles. The molecule has 0 aromatic carbocycles. The van der Waals surface area contributed by atoms with Crippen LogP contribution < -0.4 is 10.6 Å². The van der Waals surface area contributed by atoms with E-state index in [9.17, 15) is 23.2 Å². The number of rotatable bonds is 10. The Kier molecular flexibility index (Phi) is 9.92. The number of hydrogen-bond acceptors (Lipinski definition) is 4. The molecule has 1 saturated heterocycles. The van der Waals surface area contributed by atoms with Gasteiger partial charge in [-0.05, 0) is 71.6 Å². The Labute approximate surface area is 215 Å². The molecular formula is C28H47F2N3O3. The standard InChI is InChI=1S/C28H47F2N3O3/c1-19(28(4,29)30)18-22(20(2)34)31-25(35)23-14-11-17-33(23)26(36)24(21-12-7-5-8-13-21)32-27(3)15-9-6-10-16-27/h19,21-24,32H,5-18H2,1-4H3,(H,31,35). The van der Waals surface area contributed by atoms with Crippen LogP contribution in [0.25, 0.3) is 0 Å². The van der Waals surface area contributed by atoms with Crippen molar-refractivity contribution in [2.45, 2.75) is 141 Å². The van der Waals surface area contributed by atoms with Crippen molar-refractivity contribution in [3.05, 3.63) is 0 Å². The van der Waals surface area contributed by atoms with Gasteiger partial charge in [0, 0.05) is 18.0 Å². The summed E-state index contributed by atoms with van der Waals surface area (Å²) in [7, 11) is 0. The van der Waals surface area contributed by atoms with E-state index < -0.39 is 29.8 Å². The van der Waals surface area contributed by atoms with Crippen LogP contribution in [0.3, 0.4) is 0 Å². The van der Waals surface area contributed by atoms with Gasteiger partial charge in [0.25, 0.3) is 0 Å². The quantitative estimate of drug-likeness (QED) is 0.433. The molecule has 206 valence electrons. The Morgan fingerprint density at radius 1 is 1.00 bits per heavy atom. The number of carbonyl (C=O) groups is 3. The van der Waals surface area contributed by atoms with E-state index in [4.69, 9.17) is 0 Å². The monoisotopic (exact) mass is 511 g/mol. The van der Waals surface area contributed by atoms with Crippen LogP contribution in [0.2, 0.25) is 0 Å². The molecule has 0 spiro atoms. The Morgan fingerprint density at radius 3 is 2.19 bits per heavy atom. The molecule has 0 aromatic rings. The maximum absolute atomic E-state index is 14.0. The lowest BCUT2D eigenvalue weighted by Crippen LogP contribution is -2.60. The Hall–Kier alpha value is -1.57. The molecule has 1 aliphatic heterocycles. The third-order valence-corrected chi connectivity index (χ3v) is 8.95.